The summed E-state index contributed by atoms with van der Waals surface area (Å²) in [4.78, 5) is 27.7. The van der Waals surface area contributed by atoms with Gasteiger partial charge in [-0.15, -0.1) is 0 Å². The number of ether oxygens (including phenoxy) is 12. The zero-order valence-electron chi connectivity index (χ0n) is 50.6. The Labute approximate surface area is 495 Å². The molecule has 0 bridgehead atoms. The molecule has 0 N–H and O–H groups in total. The average molecular weight is 1170 g/mol. The van der Waals surface area contributed by atoms with Gasteiger partial charge in [0.05, 0.1) is 93.5 Å². The van der Waals surface area contributed by atoms with Crippen molar-refractivity contribution in [3.8, 4) is 103 Å². The van der Waals surface area contributed by atoms with Crippen molar-refractivity contribution in [1.29, 1.82) is 0 Å². The van der Waals surface area contributed by atoms with E-state index < -0.39 is 11.3 Å². The minimum Gasteiger partial charge on any atom is -0.493 e. The molecule has 18 nitrogen and oxygen atoms in total. The number of benzene rings is 6. The van der Waals surface area contributed by atoms with Crippen molar-refractivity contribution in [2.45, 2.75) is 66.7 Å². The third-order valence-electron chi connectivity index (χ3n) is 15.2. The standard InChI is InChI=1S/C34H35NO8.C34H33NO8/c2*1-8-41-28-14-20(9-10-23(28)37-4)30-31-22-16-27(40-7)29(42-18(2)3)17-24(22)43-34(36)33(31)35-12-11-19-13-25(38-5)26(39-6)15-21(19)32(30)35/h9-10,13-18H,8,11-12H2,1-7H3;9-18H,8H2,1-7H3. The molecule has 1 aliphatic heterocycles. The van der Waals surface area contributed by atoms with Crippen LogP contribution in [-0.4, -0.2) is 91.3 Å². The predicted molar refractivity (Wildman–Crippen MR) is 333 cm³/mol. The molecule has 18 heteroatoms. The maximum Gasteiger partial charge on any atom is 0.361 e. The van der Waals surface area contributed by atoms with E-state index >= 15 is 0 Å². The molecule has 0 fully saturated rings. The van der Waals surface area contributed by atoms with Crippen LogP contribution in [0.3, 0.4) is 0 Å². The SMILES string of the molecule is CCOc1cc(-c2c3c4cc(OC)c(OC(C)C)cc4oc(=O)c3n3ccc4cc(OC)c(OC)cc4c23)ccc1OC.CCOc1cc(-c2c3n(c4c(=O)oc5cc(OC(C)C)c(OC)cc5c24)CCc2cc(OC)c(OC)cc2-3)ccc1OC. The van der Waals surface area contributed by atoms with Gasteiger partial charge in [0, 0.05) is 68.5 Å². The summed E-state index contributed by atoms with van der Waals surface area (Å²) in [5.41, 5.74) is 7.82. The summed E-state index contributed by atoms with van der Waals surface area (Å²) in [6.07, 6.45) is 2.36. The molecule has 1 aliphatic rings. The molecule has 5 aromatic heterocycles. The lowest BCUT2D eigenvalue weighted by molar-refractivity contribution is 0.230. The number of hydrogen-bond acceptors (Lipinski definition) is 16. The van der Waals surface area contributed by atoms with Gasteiger partial charge in [0.2, 0.25) is 0 Å². The molecule has 0 unspecified atom stereocenters. The summed E-state index contributed by atoms with van der Waals surface area (Å²) in [5, 5.41) is 4.66. The normalized spacial score (nSPS) is 11.9. The van der Waals surface area contributed by atoms with Gasteiger partial charge in [-0.05, 0) is 137 Å². The van der Waals surface area contributed by atoms with Gasteiger partial charge >= 0.3 is 11.3 Å². The van der Waals surface area contributed by atoms with E-state index in [0.717, 1.165) is 66.1 Å². The Balaban J connectivity index is 0.000000179. The summed E-state index contributed by atoms with van der Waals surface area (Å²) < 4.78 is 85.1. The third kappa shape index (κ3) is 9.91. The maximum absolute atomic E-state index is 13.9. The minimum atomic E-state index is -0.484. The van der Waals surface area contributed by atoms with E-state index in [1.165, 1.54) is 0 Å². The Hall–Kier alpha value is -9.84. The Morgan fingerprint density at radius 1 is 0.453 bits per heavy atom. The molecular formula is C68H68N2O16. The fraction of sp³-hybridized carbons (Fsp3) is 0.294. The summed E-state index contributed by atoms with van der Waals surface area (Å²) in [5.74, 6) is 6.92. The molecule has 6 heterocycles. The largest absolute Gasteiger partial charge is 0.493 e. The highest BCUT2D eigenvalue weighted by Crippen LogP contribution is 2.51. The van der Waals surface area contributed by atoms with Crippen LogP contribution in [0.4, 0.5) is 0 Å². The molecule has 6 aromatic carbocycles. The van der Waals surface area contributed by atoms with Crippen LogP contribution in [0.2, 0.25) is 0 Å². The number of fused-ring (bicyclic) bond motifs is 14. The van der Waals surface area contributed by atoms with Gasteiger partial charge < -0.3 is 74.6 Å². The smallest absolute Gasteiger partial charge is 0.361 e. The summed E-state index contributed by atoms with van der Waals surface area (Å²) >= 11 is 0. The van der Waals surface area contributed by atoms with Crippen LogP contribution >= 0.6 is 0 Å². The Kier molecular flexibility index (Phi) is 15.9. The number of hydrogen-bond donors (Lipinski definition) is 0. The molecule has 0 aliphatic carbocycles. The lowest BCUT2D eigenvalue weighted by Gasteiger charge is -2.23. The van der Waals surface area contributed by atoms with Gasteiger partial charge in [-0.2, -0.15) is 0 Å². The number of aryl methyl sites for hydroxylation is 2. The van der Waals surface area contributed by atoms with Gasteiger partial charge in [0.15, 0.2) is 69.0 Å². The first-order chi connectivity index (χ1) is 41.6. The lowest BCUT2D eigenvalue weighted by Crippen LogP contribution is -2.15. The second-order valence-electron chi connectivity index (χ2n) is 20.8. The highest BCUT2D eigenvalue weighted by atomic mass is 16.5. The fourth-order valence-electron chi connectivity index (χ4n) is 11.7. The van der Waals surface area contributed by atoms with E-state index in [4.69, 9.17) is 65.7 Å². The van der Waals surface area contributed by atoms with Crippen molar-refractivity contribution >= 4 is 60.0 Å². The van der Waals surface area contributed by atoms with Gasteiger partial charge in [-0.3, -0.25) is 0 Å². The number of nitrogens with zero attached hydrogens (tertiary/aromatic N) is 2. The zero-order chi connectivity index (χ0) is 60.8. The van der Waals surface area contributed by atoms with Gasteiger partial charge in [-0.25, -0.2) is 9.59 Å². The van der Waals surface area contributed by atoms with Crippen LogP contribution in [-0.2, 0) is 13.0 Å². The molecule has 0 amide bonds. The lowest BCUT2D eigenvalue weighted by atomic mass is 9.91. The van der Waals surface area contributed by atoms with Crippen LogP contribution in [0.15, 0.2) is 116 Å². The van der Waals surface area contributed by atoms with Gasteiger partial charge in [-0.1, -0.05) is 12.1 Å². The van der Waals surface area contributed by atoms with E-state index in [9.17, 15) is 9.59 Å². The van der Waals surface area contributed by atoms with Gasteiger partial charge in [0.1, 0.15) is 22.2 Å². The van der Waals surface area contributed by atoms with Crippen molar-refractivity contribution in [3.63, 3.8) is 0 Å². The highest BCUT2D eigenvalue weighted by molar-refractivity contribution is 6.22. The Morgan fingerprint density at radius 3 is 1.42 bits per heavy atom. The number of methoxy groups -OCH3 is 8. The first kappa shape index (κ1) is 58.0. The molecule has 0 saturated carbocycles. The molecule has 0 spiro atoms. The highest BCUT2D eigenvalue weighted by Gasteiger charge is 2.32. The predicted octanol–water partition coefficient (Wildman–Crippen LogP) is 14.1. The van der Waals surface area contributed by atoms with E-state index in [0.29, 0.717) is 128 Å². The van der Waals surface area contributed by atoms with Crippen LogP contribution in [0.5, 0.6) is 69.0 Å². The van der Waals surface area contributed by atoms with Gasteiger partial charge in [0.25, 0.3) is 0 Å². The topological polar surface area (TPSA) is 181 Å². The summed E-state index contributed by atoms with van der Waals surface area (Å²) in [6, 6.07) is 28.6. The molecular weight excluding hydrogens is 1100 g/mol. The first-order valence-electron chi connectivity index (χ1n) is 28.3. The molecule has 12 rings (SSSR count). The van der Waals surface area contributed by atoms with Crippen molar-refractivity contribution < 1.29 is 65.7 Å². The van der Waals surface area contributed by atoms with Crippen molar-refractivity contribution in [1.82, 2.24) is 8.97 Å². The number of pyridine rings is 1. The number of rotatable bonds is 18. The van der Waals surface area contributed by atoms with E-state index in [1.807, 2.05) is 131 Å². The van der Waals surface area contributed by atoms with Crippen LogP contribution in [0, 0.1) is 0 Å². The Bertz CT molecular complexity index is 4570. The fourth-order valence-corrected chi connectivity index (χ4v) is 11.7. The molecule has 0 atom stereocenters. The molecule has 11 aromatic rings. The summed E-state index contributed by atoms with van der Waals surface area (Å²) in [6.45, 7) is 13.1. The number of aromatic nitrogens is 2. The van der Waals surface area contributed by atoms with Crippen molar-refractivity contribution in [3.05, 3.63) is 124 Å². The Morgan fingerprint density at radius 2 is 0.907 bits per heavy atom. The average Bonchev–Trinajstić information content (AvgIpc) is 1.61. The molecule has 86 heavy (non-hydrogen) atoms. The molecule has 0 radical (unpaired) electrons. The van der Waals surface area contributed by atoms with Crippen LogP contribution in [0.1, 0.15) is 47.1 Å². The molecule has 0 saturated heterocycles. The zero-order valence-corrected chi connectivity index (χ0v) is 50.6. The minimum absolute atomic E-state index is 0.0982. The maximum atomic E-state index is 13.9. The van der Waals surface area contributed by atoms with E-state index in [-0.39, 0.29) is 12.2 Å². The van der Waals surface area contributed by atoms with Crippen molar-refractivity contribution in [2.75, 3.05) is 70.1 Å². The first-order valence-corrected chi connectivity index (χ1v) is 28.3. The molecule has 446 valence electrons. The van der Waals surface area contributed by atoms with E-state index in [1.54, 1.807) is 69.0 Å². The monoisotopic (exact) mass is 1170 g/mol. The second-order valence-corrected chi connectivity index (χ2v) is 20.8. The van der Waals surface area contributed by atoms with Crippen LogP contribution < -0.4 is 68.1 Å². The van der Waals surface area contributed by atoms with Crippen molar-refractivity contribution in [2.24, 2.45) is 0 Å². The van der Waals surface area contributed by atoms with Crippen LogP contribution in [0.25, 0.3) is 93.5 Å². The summed E-state index contributed by atoms with van der Waals surface area (Å²) in [7, 11) is 12.9. The quantitative estimate of drug-likeness (QED) is 0.0740. The third-order valence-corrected chi connectivity index (χ3v) is 15.2. The second kappa shape index (κ2) is 23.7. The van der Waals surface area contributed by atoms with E-state index in [2.05, 4.69) is 4.57 Å².